The van der Waals surface area contributed by atoms with E-state index < -0.39 is 5.82 Å². The van der Waals surface area contributed by atoms with Gasteiger partial charge in [0.25, 0.3) is 0 Å². The Kier molecular flexibility index (Phi) is 3.88. The molecule has 0 unspecified atom stereocenters. The summed E-state index contributed by atoms with van der Waals surface area (Å²) in [6.07, 6.45) is 0.820. The maximum Gasteiger partial charge on any atom is 0.229 e. The predicted molar refractivity (Wildman–Crippen MR) is 70.3 cm³/mol. The number of amides is 1. The van der Waals surface area contributed by atoms with Crippen molar-refractivity contribution in [2.45, 2.75) is 26.3 Å². The van der Waals surface area contributed by atoms with E-state index in [0.29, 0.717) is 11.3 Å². The van der Waals surface area contributed by atoms with Crippen molar-refractivity contribution in [3.8, 4) is 0 Å². The average molecular weight is 271 g/mol. The highest BCUT2D eigenvalue weighted by molar-refractivity contribution is 6.31. The van der Waals surface area contributed by atoms with Crippen LogP contribution in [0.4, 0.5) is 10.1 Å². The Morgan fingerprint density at radius 2 is 2.28 bits per heavy atom. The summed E-state index contributed by atoms with van der Waals surface area (Å²) in [6.45, 7) is 4.46. The minimum atomic E-state index is -0.439. The number of rotatable bonds is 2. The van der Waals surface area contributed by atoms with Gasteiger partial charge in [-0.1, -0.05) is 11.6 Å². The van der Waals surface area contributed by atoms with Crippen LogP contribution >= 0.6 is 11.6 Å². The lowest BCUT2D eigenvalue weighted by atomic mass is 10.0. The SMILES string of the molecule is Cc1cc(NC(=O)[C@H]2CCN[C@H]2C)cc(Cl)c1F. The maximum absolute atomic E-state index is 13.4. The van der Waals surface area contributed by atoms with Crippen molar-refractivity contribution in [2.75, 3.05) is 11.9 Å². The molecular formula is C13H16ClFN2O. The molecule has 0 saturated carbocycles. The first-order chi connectivity index (χ1) is 8.49. The maximum atomic E-state index is 13.4. The van der Waals surface area contributed by atoms with Gasteiger partial charge in [-0.3, -0.25) is 4.79 Å². The van der Waals surface area contributed by atoms with E-state index in [4.69, 9.17) is 11.6 Å². The van der Waals surface area contributed by atoms with Crippen molar-refractivity contribution < 1.29 is 9.18 Å². The molecule has 0 bridgehead atoms. The van der Waals surface area contributed by atoms with Gasteiger partial charge >= 0.3 is 0 Å². The third-order valence-electron chi connectivity index (χ3n) is 3.34. The van der Waals surface area contributed by atoms with E-state index >= 15 is 0 Å². The zero-order valence-corrected chi connectivity index (χ0v) is 11.1. The van der Waals surface area contributed by atoms with Crippen LogP contribution in [0.15, 0.2) is 12.1 Å². The second-order valence-electron chi connectivity index (χ2n) is 4.72. The first-order valence-electron chi connectivity index (χ1n) is 5.99. The molecule has 0 radical (unpaired) electrons. The summed E-state index contributed by atoms with van der Waals surface area (Å²) in [5.41, 5.74) is 0.971. The summed E-state index contributed by atoms with van der Waals surface area (Å²) in [4.78, 5) is 12.0. The number of anilines is 1. The van der Waals surface area contributed by atoms with E-state index in [1.165, 1.54) is 6.07 Å². The highest BCUT2D eigenvalue weighted by Crippen LogP contribution is 2.24. The molecule has 1 saturated heterocycles. The molecule has 1 aliphatic rings. The number of carbonyl (C=O) groups is 1. The van der Waals surface area contributed by atoms with Gasteiger partial charge in [-0.2, -0.15) is 0 Å². The number of hydrogen-bond donors (Lipinski definition) is 2. The van der Waals surface area contributed by atoms with Crippen molar-refractivity contribution in [3.63, 3.8) is 0 Å². The van der Waals surface area contributed by atoms with Gasteiger partial charge < -0.3 is 10.6 Å². The Morgan fingerprint density at radius 1 is 1.56 bits per heavy atom. The fourth-order valence-corrected chi connectivity index (χ4v) is 2.52. The molecule has 2 rings (SSSR count). The molecule has 1 heterocycles. The summed E-state index contributed by atoms with van der Waals surface area (Å²) in [7, 11) is 0. The van der Waals surface area contributed by atoms with Crippen molar-refractivity contribution in [1.82, 2.24) is 5.32 Å². The molecular weight excluding hydrogens is 255 g/mol. The van der Waals surface area contributed by atoms with Gasteiger partial charge in [0.1, 0.15) is 5.82 Å². The molecule has 1 amide bonds. The smallest absolute Gasteiger partial charge is 0.229 e. The molecule has 0 aliphatic carbocycles. The van der Waals surface area contributed by atoms with Gasteiger partial charge in [0.2, 0.25) is 5.91 Å². The highest BCUT2D eigenvalue weighted by Gasteiger charge is 2.29. The van der Waals surface area contributed by atoms with E-state index in [1.54, 1.807) is 13.0 Å². The number of aryl methyl sites for hydroxylation is 1. The summed E-state index contributed by atoms with van der Waals surface area (Å²) in [5.74, 6) is -0.533. The van der Waals surface area contributed by atoms with Crippen molar-refractivity contribution in [1.29, 1.82) is 0 Å². The van der Waals surface area contributed by atoms with Gasteiger partial charge in [-0.15, -0.1) is 0 Å². The molecule has 5 heteroatoms. The van der Waals surface area contributed by atoms with Gasteiger partial charge in [0.15, 0.2) is 0 Å². The molecule has 1 aromatic carbocycles. The van der Waals surface area contributed by atoms with E-state index in [0.717, 1.165) is 13.0 Å². The minimum absolute atomic E-state index is 0.0305. The monoisotopic (exact) mass is 270 g/mol. The Bertz CT molecular complexity index is 455. The van der Waals surface area contributed by atoms with E-state index in [1.807, 2.05) is 6.92 Å². The summed E-state index contributed by atoms with van der Waals surface area (Å²) < 4.78 is 13.4. The summed E-state index contributed by atoms with van der Waals surface area (Å²) in [5, 5.41) is 6.04. The molecule has 0 spiro atoms. The predicted octanol–water partition coefficient (Wildman–Crippen LogP) is 2.72. The molecule has 18 heavy (non-hydrogen) atoms. The Balaban J connectivity index is 2.12. The summed E-state index contributed by atoms with van der Waals surface area (Å²) in [6, 6.07) is 3.20. The Hall–Kier alpha value is -1.13. The van der Waals surface area contributed by atoms with Crippen LogP contribution in [-0.2, 0) is 4.79 Å². The standard InChI is InChI=1S/C13H16ClFN2O/c1-7-5-9(6-11(14)12(7)15)17-13(18)10-3-4-16-8(10)2/h5-6,8,10,16H,3-4H2,1-2H3,(H,17,18)/t8-,10-/m0/s1. The molecule has 1 aromatic rings. The zero-order chi connectivity index (χ0) is 13.3. The quantitative estimate of drug-likeness (QED) is 0.868. The normalized spacial score (nSPS) is 23.1. The lowest BCUT2D eigenvalue weighted by molar-refractivity contribution is -0.119. The molecule has 98 valence electrons. The van der Waals surface area contributed by atoms with Crippen LogP contribution in [-0.4, -0.2) is 18.5 Å². The van der Waals surface area contributed by atoms with E-state index in [2.05, 4.69) is 10.6 Å². The molecule has 1 fully saturated rings. The fraction of sp³-hybridized carbons (Fsp3) is 0.462. The topological polar surface area (TPSA) is 41.1 Å². The van der Waals surface area contributed by atoms with Crippen molar-refractivity contribution in [3.05, 3.63) is 28.5 Å². The van der Waals surface area contributed by atoms with Crippen LogP contribution in [0.1, 0.15) is 18.9 Å². The van der Waals surface area contributed by atoms with Crippen LogP contribution in [0.25, 0.3) is 0 Å². The van der Waals surface area contributed by atoms with Crippen LogP contribution in [0, 0.1) is 18.7 Å². The average Bonchev–Trinajstić information content (AvgIpc) is 2.72. The fourth-order valence-electron chi connectivity index (χ4n) is 2.25. The molecule has 2 atom stereocenters. The van der Waals surface area contributed by atoms with Gasteiger partial charge in [-0.25, -0.2) is 4.39 Å². The van der Waals surface area contributed by atoms with E-state index in [-0.39, 0.29) is 22.9 Å². The Labute approximate surface area is 111 Å². The van der Waals surface area contributed by atoms with E-state index in [9.17, 15) is 9.18 Å². The largest absolute Gasteiger partial charge is 0.326 e. The second kappa shape index (κ2) is 5.24. The highest BCUT2D eigenvalue weighted by atomic mass is 35.5. The molecule has 1 aliphatic heterocycles. The minimum Gasteiger partial charge on any atom is -0.326 e. The number of benzene rings is 1. The van der Waals surface area contributed by atoms with Crippen LogP contribution in [0.5, 0.6) is 0 Å². The third kappa shape index (κ3) is 2.65. The molecule has 0 aromatic heterocycles. The lowest BCUT2D eigenvalue weighted by Gasteiger charge is -2.15. The van der Waals surface area contributed by atoms with Gasteiger partial charge in [-0.05, 0) is 44.5 Å². The zero-order valence-electron chi connectivity index (χ0n) is 10.4. The number of nitrogens with one attached hydrogen (secondary N) is 2. The van der Waals surface area contributed by atoms with Crippen molar-refractivity contribution >= 4 is 23.2 Å². The first-order valence-corrected chi connectivity index (χ1v) is 6.36. The lowest BCUT2D eigenvalue weighted by Crippen LogP contribution is -2.32. The Morgan fingerprint density at radius 3 is 2.83 bits per heavy atom. The number of carbonyl (C=O) groups excluding carboxylic acids is 1. The summed E-state index contributed by atoms with van der Waals surface area (Å²) >= 11 is 5.75. The van der Waals surface area contributed by atoms with Gasteiger partial charge in [0.05, 0.1) is 10.9 Å². The number of halogens is 2. The van der Waals surface area contributed by atoms with Crippen molar-refractivity contribution in [2.24, 2.45) is 5.92 Å². The number of hydrogen-bond acceptors (Lipinski definition) is 2. The second-order valence-corrected chi connectivity index (χ2v) is 5.12. The third-order valence-corrected chi connectivity index (χ3v) is 3.61. The van der Waals surface area contributed by atoms with Crippen LogP contribution in [0.2, 0.25) is 5.02 Å². The van der Waals surface area contributed by atoms with Gasteiger partial charge in [0, 0.05) is 11.7 Å². The molecule has 2 N–H and O–H groups in total. The molecule has 3 nitrogen and oxygen atoms in total. The van der Waals surface area contributed by atoms with Crippen LogP contribution < -0.4 is 10.6 Å². The first kappa shape index (κ1) is 13.3. The van der Waals surface area contributed by atoms with Crippen LogP contribution in [0.3, 0.4) is 0 Å².